The van der Waals surface area contributed by atoms with Gasteiger partial charge in [-0.15, -0.1) is 0 Å². The highest BCUT2D eigenvalue weighted by atomic mass is 32.2. The summed E-state index contributed by atoms with van der Waals surface area (Å²) < 4.78 is 5.81. The van der Waals surface area contributed by atoms with Crippen LogP contribution in [-0.4, -0.2) is 53.7 Å². The first-order chi connectivity index (χ1) is 9.05. The maximum absolute atomic E-state index is 6.19. The average Bonchev–Trinajstić information content (AvgIpc) is 2.97. The number of nitrogens with two attached hydrogens (primary N) is 1. The zero-order valence-electron chi connectivity index (χ0n) is 12.0. The van der Waals surface area contributed by atoms with Crippen LogP contribution in [0.1, 0.15) is 33.1 Å². The van der Waals surface area contributed by atoms with Crippen LogP contribution in [0.5, 0.6) is 0 Å². The SMILES string of the molecule is CC1(C)CCSCC12CN=C(N)N2CC1CCCO1. The molecule has 5 heteroatoms. The van der Waals surface area contributed by atoms with Gasteiger partial charge in [0, 0.05) is 18.9 Å². The van der Waals surface area contributed by atoms with E-state index in [4.69, 9.17) is 10.5 Å². The van der Waals surface area contributed by atoms with Gasteiger partial charge in [-0.25, -0.2) is 0 Å². The van der Waals surface area contributed by atoms with Crippen LogP contribution >= 0.6 is 11.8 Å². The van der Waals surface area contributed by atoms with Crippen molar-refractivity contribution in [3.05, 3.63) is 0 Å². The molecule has 0 saturated carbocycles. The van der Waals surface area contributed by atoms with Crippen molar-refractivity contribution in [1.29, 1.82) is 0 Å². The van der Waals surface area contributed by atoms with Crippen molar-refractivity contribution in [3.8, 4) is 0 Å². The fourth-order valence-electron chi connectivity index (χ4n) is 3.56. The van der Waals surface area contributed by atoms with E-state index in [9.17, 15) is 0 Å². The average molecular weight is 283 g/mol. The Hall–Kier alpha value is -0.420. The quantitative estimate of drug-likeness (QED) is 0.838. The Morgan fingerprint density at radius 1 is 1.53 bits per heavy atom. The third kappa shape index (κ3) is 2.15. The molecule has 2 atom stereocenters. The molecule has 1 spiro atoms. The lowest BCUT2D eigenvalue weighted by Crippen LogP contribution is -2.64. The van der Waals surface area contributed by atoms with Gasteiger partial charge in [-0.05, 0) is 30.4 Å². The number of thioether (sulfide) groups is 1. The van der Waals surface area contributed by atoms with Crippen molar-refractivity contribution in [2.75, 3.05) is 31.2 Å². The summed E-state index contributed by atoms with van der Waals surface area (Å²) in [4.78, 5) is 6.95. The van der Waals surface area contributed by atoms with Gasteiger partial charge in [0.25, 0.3) is 0 Å². The van der Waals surface area contributed by atoms with Crippen LogP contribution < -0.4 is 5.73 Å². The Bertz CT molecular complexity index is 379. The van der Waals surface area contributed by atoms with Crippen LogP contribution in [0.25, 0.3) is 0 Å². The molecule has 3 rings (SSSR count). The van der Waals surface area contributed by atoms with Gasteiger partial charge in [0.05, 0.1) is 18.2 Å². The standard InChI is InChI=1S/C14H25N3OS/c1-13(2)5-7-19-10-14(13)9-16-12(15)17(14)8-11-4-3-6-18-11/h11H,3-10H2,1-2H3,(H2,15,16). The highest BCUT2D eigenvalue weighted by Gasteiger charge is 2.54. The van der Waals surface area contributed by atoms with Gasteiger partial charge in [0.15, 0.2) is 5.96 Å². The first kappa shape index (κ1) is 13.6. The normalized spacial score (nSPS) is 37.9. The molecule has 2 N–H and O–H groups in total. The van der Waals surface area contributed by atoms with Crippen LogP contribution in [0.4, 0.5) is 0 Å². The van der Waals surface area contributed by atoms with Crippen LogP contribution in [0.3, 0.4) is 0 Å². The van der Waals surface area contributed by atoms with Crippen molar-refractivity contribution in [2.45, 2.75) is 44.8 Å². The second-order valence-electron chi connectivity index (χ2n) is 6.64. The minimum Gasteiger partial charge on any atom is -0.376 e. The molecule has 2 fully saturated rings. The molecule has 0 amide bonds. The summed E-state index contributed by atoms with van der Waals surface area (Å²) in [5, 5.41) is 0. The van der Waals surface area contributed by atoms with Gasteiger partial charge in [-0.1, -0.05) is 13.8 Å². The topological polar surface area (TPSA) is 50.8 Å². The van der Waals surface area contributed by atoms with E-state index in [1.807, 2.05) is 11.8 Å². The maximum atomic E-state index is 6.19. The Balaban J connectivity index is 1.83. The molecule has 0 bridgehead atoms. The van der Waals surface area contributed by atoms with E-state index in [-0.39, 0.29) is 11.0 Å². The molecule has 19 heavy (non-hydrogen) atoms. The summed E-state index contributed by atoms with van der Waals surface area (Å²) in [6.07, 6.45) is 3.92. The Morgan fingerprint density at radius 2 is 2.37 bits per heavy atom. The van der Waals surface area contributed by atoms with Crippen molar-refractivity contribution in [2.24, 2.45) is 16.1 Å². The van der Waals surface area contributed by atoms with Gasteiger partial charge in [0.2, 0.25) is 0 Å². The molecular weight excluding hydrogens is 258 g/mol. The lowest BCUT2D eigenvalue weighted by atomic mass is 9.70. The van der Waals surface area contributed by atoms with E-state index < -0.39 is 0 Å². The van der Waals surface area contributed by atoms with Crippen molar-refractivity contribution >= 4 is 17.7 Å². The summed E-state index contributed by atoms with van der Waals surface area (Å²) in [6, 6.07) is 0. The van der Waals surface area contributed by atoms with Crippen LogP contribution in [0, 0.1) is 5.41 Å². The zero-order chi connectivity index (χ0) is 13.5. The largest absolute Gasteiger partial charge is 0.376 e. The first-order valence-corrected chi connectivity index (χ1v) is 8.48. The van der Waals surface area contributed by atoms with Gasteiger partial charge < -0.3 is 15.4 Å². The monoisotopic (exact) mass is 283 g/mol. The molecule has 4 nitrogen and oxygen atoms in total. The van der Waals surface area contributed by atoms with Crippen LogP contribution in [0.15, 0.2) is 4.99 Å². The molecule has 0 aromatic heterocycles. The lowest BCUT2D eigenvalue weighted by molar-refractivity contribution is 0.0215. The van der Waals surface area contributed by atoms with Crippen LogP contribution in [-0.2, 0) is 4.74 Å². The molecule has 0 aromatic carbocycles. The third-order valence-corrected chi connectivity index (χ3v) is 6.35. The number of hydrogen-bond donors (Lipinski definition) is 1. The van der Waals surface area contributed by atoms with Gasteiger partial charge in [-0.2, -0.15) is 11.8 Å². The molecule has 108 valence electrons. The Morgan fingerprint density at radius 3 is 3.05 bits per heavy atom. The van der Waals surface area contributed by atoms with Crippen molar-refractivity contribution in [3.63, 3.8) is 0 Å². The van der Waals surface area contributed by atoms with Gasteiger partial charge >= 0.3 is 0 Å². The molecule has 0 aliphatic carbocycles. The second-order valence-corrected chi connectivity index (χ2v) is 7.74. The summed E-state index contributed by atoms with van der Waals surface area (Å²) in [5.74, 6) is 3.12. The third-order valence-electron chi connectivity index (χ3n) is 5.18. The van der Waals surface area contributed by atoms with Crippen LogP contribution in [0.2, 0.25) is 0 Å². The Labute approximate surface area is 120 Å². The number of aliphatic imine (C=N–C) groups is 1. The fraction of sp³-hybridized carbons (Fsp3) is 0.929. The molecule has 2 unspecified atom stereocenters. The van der Waals surface area contributed by atoms with E-state index in [2.05, 4.69) is 23.7 Å². The molecule has 2 saturated heterocycles. The summed E-state index contributed by atoms with van der Waals surface area (Å²) in [6.45, 7) is 7.43. The highest BCUT2D eigenvalue weighted by molar-refractivity contribution is 7.99. The second kappa shape index (κ2) is 4.85. The van der Waals surface area contributed by atoms with Gasteiger partial charge in [0.1, 0.15) is 0 Å². The molecular formula is C14H25N3OS. The maximum Gasteiger partial charge on any atom is 0.192 e. The number of ether oxygens (including phenoxy) is 1. The van der Waals surface area contributed by atoms with E-state index in [0.717, 1.165) is 37.8 Å². The van der Waals surface area contributed by atoms with Crippen molar-refractivity contribution in [1.82, 2.24) is 4.90 Å². The van der Waals surface area contributed by atoms with E-state index in [1.165, 1.54) is 18.6 Å². The minimum atomic E-state index is 0.103. The molecule has 0 radical (unpaired) electrons. The predicted octanol–water partition coefficient (Wildman–Crippen LogP) is 1.70. The molecule has 0 aromatic rings. The molecule has 3 heterocycles. The summed E-state index contributed by atoms with van der Waals surface area (Å²) in [5.41, 5.74) is 6.56. The van der Waals surface area contributed by atoms with Gasteiger partial charge in [-0.3, -0.25) is 4.99 Å². The number of rotatable bonds is 2. The molecule has 3 aliphatic heterocycles. The van der Waals surface area contributed by atoms with E-state index >= 15 is 0 Å². The fourth-order valence-corrected chi connectivity index (χ4v) is 5.34. The number of nitrogens with zero attached hydrogens (tertiary/aromatic N) is 2. The highest BCUT2D eigenvalue weighted by Crippen LogP contribution is 2.48. The minimum absolute atomic E-state index is 0.103. The smallest absolute Gasteiger partial charge is 0.192 e. The first-order valence-electron chi connectivity index (χ1n) is 7.32. The summed E-state index contributed by atoms with van der Waals surface area (Å²) in [7, 11) is 0. The van der Waals surface area contributed by atoms with E-state index in [0.29, 0.717) is 6.10 Å². The lowest BCUT2D eigenvalue weighted by Gasteiger charge is -2.53. The Kier molecular flexibility index (Phi) is 3.46. The number of hydrogen-bond acceptors (Lipinski definition) is 5. The zero-order valence-corrected chi connectivity index (χ0v) is 12.8. The molecule has 3 aliphatic rings. The van der Waals surface area contributed by atoms with E-state index in [1.54, 1.807) is 0 Å². The summed E-state index contributed by atoms with van der Waals surface area (Å²) >= 11 is 2.05. The van der Waals surface area contributed by atoms with Crippen molar-refractivity contribution < 1.29 is 4.74 Å². The number of guanidine groups is 1. The predicted molar refractivity (Wildman–Crippen MR) is 80.6 cm³/mol.